The van der Waals surface area contributed by atoms with E-state index in [9.17, 15) is 9.59 Å². The number of hydrogen-bond donors (Lipinski definition) is 1. The maximum Gasteiger partial charge on any atom is 0.264 e. The van der Waals surface area contributed by atoms with Crippen LogP contribution in [0, 0.1) is 0 Å². The second-order valence-corrected chi connectivity index (χ2v) is 7.77. The predicted molar refractivity (Wildman–Crippen MR) is 110 cm³/mol. The molecule has 3 aromatic rings. The van der Waals surface area contributed by atoms with E-state index in [-0.39, 0.29) is 18.4 Å². The van der Waals surface area contributed by atoms with Gasteiger partial charge in [0, 0.05) is 36.9 Å². The van der Waals surface area contributed by atoms with Gasteiger partial charge in [0.15, 0.2) is 0 Å². The molecule has 1 aliphatic rings. The Morgan fingerprint density at radius 1 is 1.10 bits per heavy atom. The van der Waals surface area contributed by atoms with Crippen molar-refractivity contribution in [2.24, 2.45) is 0 Å². The summed E-state index contributed by atoms with van der Waals surface area (Å²) in [7, 11) is 0. The number of anilines is 1. The molecule has 1 saturated heterocycles. The Balaban J connectivity index is 1.29. The Bertz CT molecular complexity index is 982. The van der Waals surface area contributed by atoms with Gasteiger partial charge in [0.1, 0.15) is 11.2 Å². The molecule has 4 rings (SSSR count). The smallest absolute Gasteiger partial charge is 0.264 e. The maximum atomic E-state index is 12.5. The lowest BCUT2D eigenvalue weighted by molar-refractivity contribution is -0.130. The van der Waals surface area contributed by atoms with Crippen LogP contribution in [0.3, 0.4) is 0 Å². The largest absolute Gasteiger partial charge is 0.368 e. The van der Waals surface area contributed by atoms with Gasteiger partial charge in [-0.15, -0.1) is 16.4 Å². The molecule has 0 saturated carbocycles. The van der Waals surface area contributed by atoms with Gasteiger partial charge in [0.25, 0.3) is 5.91 Å². The van der Waals surface area contributed by atoms with Crippen molar-refractivity contribution in [3.63, 3.8) is 0 Å². The van der Waals surface area contributed by atoms with Crippen molar-refractivity contribution in [2.75, 3.05) is 37.6 Å². The molecular formula is C18H18ClN7O2S. The number of amides is 2. The van der Waals surface area contributed by atoms with Gasteiger partial charge in [-0.25, -0.2) is 0 Å². The number of piperazine rings is 1. The number of tetrazole rings is 1. The monoisotopic (exact) mass is 431 g/mol. The fourth-order valence-electron chi connectivity index (χ4n) is 3.14. The van der Waals surface area contributed by atoms with E-state index in [4.69, 9.17) is 11.6 Å². The summed E-state index contributed by atoms with van der Waals surface area (Å²) in [6.45, 7) is 2.62. The SMILES string of the molecule is O=C(NCC(=O)N1CCN(c2ccc(Cl)cc2)CC1)c1sccc1-n1cnnn1. The number of carbonyl (C=O) groups excluding carboxylic acids is 2. The summed E-state index contributed by atoms with van der Waals surface area (Å²) in [4.78, 5) is 29.5. The number of halogens is 1. The van der Waals surface area contributed by atoms with Gasteiger partial charge in [-0.3, -0.25) is 9.59 Å². The van der Waals surface area contributed by atoms with Gasteiger partial charge in [-0.1, -0.05) is 11.6 Å². The molecule has 0 radical (unpaired) electrons. The highest BCUT2D eigenvalue weighted by Gasteiger charge is 2.22. The molecule has 0 aliphatic carbocycles. The molecule has 2 amide bonds. The van der Waals surface area contributed by atoms with Crippen LogP contribution in [0.25, 0.3) is 5.69 Å². The summed E-state index contributed by atoms with van der Waals surface area (Å²) in [6.07, 6.45) is 1.42. The quantitative estimate of drug-likeness (QED) is 0.657. The molecule has 1 N–H and O–H groups in total. The molecular weight excluding hydrogens is 414 g/mol. The van der Waals surface area contributed by atoms with E-state index in [0.717, 1.165) is 18.8 Å². The number of aromatic nitrogens is 4. The van der Waals surface area contributed by atoms with Crippen molar-refractivity contribution in [3.05, 3.63) is 51.9 Å². The maximum absolute atomic E-state index is 12.5. The molecule has 150 valence electrons. The lowest BCUT2D eigenvalue weighted by Gasteiger charge is -2.36. The van der Waals surface area contributed by atoms with Crippen LogP contribution >= 0.6 is 22.9 Å². The van der Waals surface area contributed by atoms with Crippen molar-refractivity contribution in [2.45, 2.75) is 0 Å². The van der Waals surface area contributed by atoms with Crippen LogP contribution in [0.15, 0.2) is 42.0 Å². The number of nitrogens with one attached hydrogen (secondary N) is 1. The van der Waals surface area contributed by atoms with E-state index >= 15 is 0 Å². The third kappa shape index (κ3) is 4.38. The Morgan fingerprint density at radius 2 is 1.86 bits per heavy atom. The van der Waals surface area contributed by atoms with Crippen LogP contribution in [0.4, 0.5) is 5.69 Å². The fourth-order valence-corrected chi connectivity index (χ4v) is 4.06. The van der Waals surface area contributed by atoms with E-state index < -0.39 is 0 Å². The minimum atomic E-state index is -0.321. The first-order valence-electron chi connectivity index (χ1n) is 8.99. The number of hydrogen-bond acceptors (Lipinski definition) is 7. The summed E-state index contributed by atoms with van der Waals surface area (Å²) >= 11 is 7.21. The van der Waals surface area contributed by atoms with Crippen LogP contribution in [-0.2, 0) is 4.79 Å². The summed E-state index contributed by atoms with van der Waals surface area (Å²) in [5.41, 5.74) is 1.67. The molecule has 1 aromatic carbocycles. The van der Waals surface area contributed by atoms with Gasteiger partial charge in [-0.2, -0.15) is 4.68 Å². The molecule has 2 aromatic heterocycles. The van der Waals surface area contributed by atoms with Gasteiger partial charge < -0.3 is 15.1 Å². The van der Waals surface area contributed by atoms with Crippen molar-refractivity contribution >= 4 is 40.4 Å². The molecule has 11 heteroatoms. The molecule has 9 nitrogen and oxygen atoms in total. The van der Waals surface area contributed by atoms with Crippen molar-refractivity contribution in [1.82, 2.24) is 30.4 Å². The van der Waals surface area contributed by atoms with Crippen LogP contribution < -0.4 is 10.2 Å². The summed E-state index contributed by atoms with van der Waals surface area (Å²) in [5, 5.41) is 16.1. The van der Waals surface area contributed by atoms with Gasteiger partial charge in [0.05, 0.1) is 12.2 Å². The molecule has 1 aliphatic heterocycles. The van der Waals surface area contributed by atoms with Gasteiger partial charge in [-0.05, 0) is 46.1 Å². The Morgan fingerprint density at radius 3 is 2.55 bits per heavy atom. The van der Waals surface area contributed by atoms with E-state index in [1.807, 2.05) is 24.3 Å². The highest BCUT2D eigenvalue weighted by atomic mass is 35.5. The molecule has 0 unspecified atom stereocenters. The molecule has 0 bridgehead atoms. The molecule has 0 atom stereocenters. The van der Waals surface area contributed by atoms with Gasteiger partial charge >= 0.3 is 0 Å². The second kappa shape index (κ2) is 8.58. The lowest BCUT2D eigenvalue weighted by Crippen LogP contribution is -2.51. The van der Waals surface area contributed by atoms with Crippen LogP contribution in [0.1, 0.15) is 9.67 Å². The van der Waals surface area contributed by atoms with Crippen molar-refractivity contribution in [3.8, 4) is 5.69 Å². The first kappa shape index (κ1) is 19.3. The van der Waals surface area contributed by atoms with Gasteiger partial charge in [0.2, 0.25) is 5.91 Å². The van der Waals surface area contributed by atoms with Crippen LogP contribution in [0.5, 0.6) is 0 Å². The summed E-state index contributed by atoms with van der Waals surface area (Å²) in [5.74, 6) is -0.423. The normalized spacial score (nSPS) is 14.1. The molecule has 29 heavy (non-hydrogen) atoms. The van der Waals surface area contributed by atoms with E-state index in [2.05, 4.69) is 25.7 Å². The highest BCUT2D eigenvalue weighted by molar-refractivity contribution is 7.12. The van der Waals surface area contributed by atoms with E-state index in [0.29, 0.717) is 28.7 Å². The van der Waals surface area contributed by atoms with Crippen LogP contribution in [0.2, 0.25) is 5.02 Å². The average Bonchev–Trinajstić information content (AvgIpc) is 3.44. The van der Waals surface area contributed by atoms with Crippen molar-refractivity contribution < 1.29 is 9.59 Å². The Kier molecular flexibility index (Phi) is 5.72. The Hall–Kier alpha value is -2.98. The summed E-state index contributed by atoms with van der Waals surface area (Å²) < 4.78 is 1.42. The third-order valence-electron chi connectivity index (χ3n) is 4.67. The first-order valence-corrected chi connectivity index (χ1v) is 10.2. The number of rotatable bonds is 5. The number of nitrogens with zero attached hydrogens (tertiary/aromatic N) is 6. The topological polar surface area (TPSA) is 96.2 Å². The number of thiophene rings is 1. The van der Waals surface area contributed by atoms with E-state index in [1.54, 1.807) is 16.3 Å². The molecule has 3 heterocycles. The Labute approximate surface area is 175 Å². The predicted octanol–water partition coefficient (Wildman–Crippen LogP) is 1.46. The average molecular weight is 432 g/mol. The van der Waals surface area contributed by atoms with Crippen molar-refractivity contribution in [1.29, 1.82) is 0 Å². The van der Waals surface area contributed by atoms with Crippen LogP contribution in [-0.4, -0.2) is 69.6 Å². The zero-order valence-corrected chi connectivity index (χ0v) is 16.9. The standard InChI is InChI=1S/C18H18ClN7O2S/c19-13-1-3-14(4-2-13)24-6-8-25(9-7-24)16(27)11-20-18(28)17-15(5-10-29-17)26-12-21-22-23-26/h1-5,10,12H,6-9,11H2,(H,20,28). The number of benzene rings is 1. The zero-order valence-electron chi connectivity index (χ0n) is 15.4. The fraction of sp³-hybridized carbons (Fsp3) is 0.278. The molecule has 0 spiro atoms. The lowest BCUT2D eigenvalue weighted by atomic mass is 10.2. The number of carbonyl (C=O) groups is 2. The molecule has 1 fully saturated rings. The van der Waals surface area contributed by atoms with E-state index in [1.165, 1.54) is 22.3 Å². The highest BCUT2D eigenvalue weighted by Crippen LogP contribution is 2.20. The first-order chi connectivity index (χ1) is 14.1. The minimum absolute atomic E-state index is 0.0489. The zero-order chi connectivity index (χ0) is 20.2. The summed E-state index contributed by atoms with van der Waals surface area (Å²) in [6, 6.07) is 9.43. The minimum Gasteiger partial charge on any atom is -0.368 e. The third-order valence-corrected chi connectivity index (χ3v) is 5.83. The second-order valence-electron chi connectivity index (χ2n) is 6.42.